The van der Waals surface area contributed by atoms with Gasteiger partial charge in [0.2, 0.25) is 34.9 Å². The molecule has 0 radical (unpaired) electrons. The van der Waals surface area contributed by atoms with Crippen molar-refractivity contribution in [2.24, 2.45) is 0 Å². The smallest absolute Gasteiger partial charge is 0.200 e. The molecule has 0 aromatic heterocycles. The predicted octanol–water partition coefficient (Wildman–Crippen LogP) is 17.8. The Kier molecular flexibility index (Phi) is 19.2. The van der Waals surface area contributed by atoms with Crippen LogP contribution >= 0.6 is 0 Å². The third-order valence-corrected chi connectivity index (χ3v) is 12.4. The maximum atomic E-state index is 16.2. The molecule has 0 saturated carbocycles. The monoisotopic (exact) mass is 1240 g/mol. The molecular weight excluding hydrogens is 1220 g/mol. The first-order valence-electron chi connectivity index (χ1n) is 22.2. The van der Waals surface area contributed by atoms with Gasteiger partial charge >= 0.3 is 0 Å². The Morgan fingerprint density at radius 3 is 0.381 bits per heavy atom. The average molecular weight is 1240 g/mol. The lowest BCUT2D eigenvalue weighted by atomic mass is 9.23. The quantitative estimate of drug-likeness (QED) is 0.0585. The predicted molar refractivity (Wildman–Crippen MR) is 231 cm³/mol. The van der Waals surface area contributed by atoms with Crippen molar-refractivity contribution >= 4 is 6.71 Å². The summed E-state index contributed by atoms with van der Waals surface area (Å²) in [5.74, 6) is -131. The fourth-order valence-corrected chi connectivity index (χ4v) is 8.60. The lowest BCUT2D eigenvalue weighted by Gasteiger charge is -2.39. The summed E-state index contributed by atoms with van der Waals surface area (Å²) in [6.07, 6.45) is 0. The highest BCUT2D eigenvalue weighted by atomic mass is 19.2. The average Bonchev–Trinajstić information content (AvgIpc) is 0.926. The van der Waals surface area contributed by atoms with Gasteiger partial charge in [-0.05, 0) is 13.8 Å². The van der Waals surface area contributed by atoms with E-state index in [4.69, 9.17) is 0 Å². The molecule has 0 aliphatic rings. The van der Waals surface area contributed by atoms with Gasteiger partial charge in [-0.1, -0.05) is 71.8 Å². The highest BCUT2D eigenvalue weighted by Crippen LogP contribution is 2.54. The Hall–Kier alpha value is -8.28. The molecule has 0 saturated heterocycles. The zero-order chi connectivity index (χ0) is 63.3. The lowest BCUT2D eigenvalue weighted by molar-refractivity contribution is 0.353. The molecule has 0 fully saturated rings. The molecule has 0 aliphatic heterocycles. The van der Waals surface area contributed by atoms with E-state index in [1.807, 2.05) is 36.4 Å². The van der Waals surface area contributed by atoms with Crippen molar-refractivity contribution < 1.29 is 132 Å². The zero-order valence-electron chi connectivity index (χ0n) is 40.4. The Bertz CT molecular complexity index is 3150. The zero-order valence-corrected chi connectivity index (χ0v) is 40.4. The van der Waals surface area contributed by atoms with E-state index < -0.39 is 232 Å². The van der Waals surface area contributed by atoms with Crippen LogP contribution in [0.2, 0.25) is 0 Å². The molecule has 0 amide bonds. The van der Waals surface area contributed by atoms with Gasteiger partial charge in [0.1, 0.15) is 0 Å². The van der Waals surface area contributed by atoms with Gasteiger partial charge < -0.3 is 0 Å². The minimum Gasteiger partial charge on any atom is -0.203 e. The van der Waals surface area contributed by atoms with Crippen LogP contribution in [0.5, 0.6) is 0 Å². The van der Waals surface area contributed by atoms with Crippen LogP contribution in [-0.2, 0) is 0 Å². The highest BCUT2D eigenvalue weighted by molar-refractivity contribution is 6.66. The third-order valence-electron chi connectivity index (χ3n) is 12.4. The molecule has 84 heavy (non-hydrogen) atoms. The highest BCUT2D eigenvalue weighted by Gasteiger charge is 2.57. The Balaban J connectivity index is 0.000000704. The van der Waals surface area contributed by atoms with Gasteiger partial charge in [0.15, 0.2) is 146 Å². The SMILES string of the molecule is Cc1ccccc1.Cc1ccccc1.Fc1c(F)c(F)c(C(B(C(c2c(F)c(F)c(F)c(F)c2F)c2c(F)c(F)c(F)c(F)c2F)C(c2c(F)c(F)c(F)c(F)c2F)c2c(F)c(F)c(F)c(F)c2F)c2c(F)c(F)c(F)c(F)c2F)c(F)c1F. The van der Waals surface area contributed by atoms with Crippen LogP contribution in [0.15, 0.2) is 60.7 Å². The molecule has 0 unspecified atom stereocenters. The topological polar surface area (TPSA) is 0 Å². The minimum atomic E-state index is -5.59. The molecule has 0 heterocycles. The van der Waals surface area contributed by atoms with Crippen molar-refractivity contribution in [1.29, 1.82) is 0 Å². The van der Waals surface area contributed by atoms with E-state index >= 15 is 105 Å². The molecule has 0 atom stereocenters. The normalized spacial score (nSPS) is 11.4. The summed E-state index contributed by atoms with van der Waals surface area (Å²) in [5.41, 5.74) is -19.9. The number of rotatable bonds is 9. The molecule has 0 aliphatic carbocycles. The van der Waals surface area contributed by atoms with Gasteiger partial charge in [0, 0.05) is 50.8 Å². The van der Waals surface area contributed by atoms with Crippen LogP contribution in [0, 0.1) is 188 Å². The first-order chi connectivity index (χ1) is 39.1. The van der Waals surface area contributed by atoms with Crippen LogP contribution in [0.3, 0.4) is 0 Å². The largest absolute Gasteiger partial charge is 0.203 e. The van der Waals surface area contributed by atoms with Gasteiger partial charge in [-0.25, -0.2) is 132 Å². The standard InChI is InChI=1S/C39H3BF30.2C7H8/c41-10-1(11(42)23(54)34(65)22(10)53)7(2-12(43)24(55)35(66)25(56)13(2)44)40(8(3-14(45)26(57)36(67)27(58)15(3)46)4-16(47)28(59)37(68)29(60)17(4)48)9(5-18(49)30(61)38(69)31(62)19(5)50)6-20(51)32(63)39(70)33(64)21(6)52;2*1-7-5-3-2-4-6-7/h7-9H;2*2-6H,1H3. The maximum absolute atomic E-state index is 16.2. The third kappa shape index (κ3) is 11.1. The Morgan fingerprint density at radius 1 is 0.179 bits per heavy atom. The number of aryl methyl sites for hydroxylation is 2. The van der Waals surface area contributed by atoms with Gasteiger partial charge in [-0.15, -0.1) is 0 Å². The van der Waals surface area contributed by atoms with Crippen molar-refractivity contribution in [1.82, 2.24) is 0 Å². The second kappa shape index (κ2) is 24.9. The molecular formula is C53H19BF30. The number of halogens is 30. The van der Waals surface area contributed by atoms with Crippen molar-refractivity contribution in [3.8, 4) is 0 Å². The molecule has 0 N–H and O–H groups in total. The van der Waals surface area contributed by atoms with Crippen LogP contribution in [0.4, 0.5) is 132 Å². The first kappa shape index (κ1) is 64.9. The van der Waals surface area contributed by atoms with E-state index in [1.165, 1.54) is 11.1 Å². The van der Waals surface area contributed by atoms with E-state index in [1.54, 1.807) is 0 Å². The van der Waals surface area contributed by atoms with E-state index in [0.717, 1.165) is 0 Å². The molecule has 31 heteroatoms. The van der Waals surface area contributed by atoms with Gasteiger partial charge in [-0.3, -0.25) is 0 Å². The Morgan fingerprint density at radius 2 is 0.286 bits per heavy atom. The van der Waals surface area contributed by atoms with Crippen LogP contribution in [-0.4, -0.2) is 6.71 Å². The van der Waals surface area contributed by atoms with Crippen molar-refractivity contribution in [2.75, 3.05) is 0 Å². The van der Waals surface area contributed by atoms with E-state index in [2.05, 4.69) is 38.1 Å². The van der Waals surface area contributed by atoms with Crippen molar-refractivity contribution in [3.63, 3.8) is 0 Å². The van der Waals surface area contributed by atoms with E-state index in [9.17, 15) is 26.3 Å². The van der Waals surface area contributed by atoms with E-state index in [0.29, 0.717) is 0 Å². The van der Waals surface area contributed by atoms with Crippen LogP contribution in [0.1, 0.15) is 62.0 Å². The summed E-state index contributed by atoms with van der Waals surface area (Å²) in [7, 11) is 0. The number of benzene rings is 8. The summed E-state index contributed by atoms with van der Waals surface area (Å²) < 4.78 is 465. The fourth-order valence-electron chi connectivity index (χ4n) is 8.60. The molecule has 444 valence electrons. The van der Waals surface area contributed by atoms with Gasteiger partial charge in [0.25, 0.3) is 0 Å². The first-order valence-corrected chi connectivity index (χ1v) is 22.2. The number of hydrogen-bond donors (Lipinski definition) is 0. The minimum absolute atomic E-state index is 1.32. The van der Waals surface area contributed by atoms with Crippen molar-refractivity contribution in [2.45, 2.75) is 31.3 Å². The maximum Gasteiger partial charge on any atom is 0.200 e. The second-order valence-corrected chi connectivity index (χ2v) is 17.2. The van der Waals surface area contributed by atoms with Gasteiger partial charge in [-0.2, -0.15) is 0 Å². The molecule has 8 aromatic rings. The molecule has 0 spiro atoms. The fraction of sp³-hybridized carbons (Fsp3) is 0.0943. The van der Waals surface area contributed by atoms with E-state index in [-0.39, 0.29) is 0 Å². The molecule has 0 bridgehead atoms. The summed E-state index contributed by atoms with van der Waals surface area (Å²) in [6.45, 7) is -1.43. The van der Waals surface area contributed by atoms with Gasteiger partial charge in [0.05, 0.1) is 0 Å². The summed E-state index contributed by atoms with van der Waals surface area (Å²) >= 11 is 0. The molecule has 8 aromatic carbocycles. The molecule has 0 nitrogen and oxygen atoms in total. The Labute approximate surface area is 448 Å². The summed E-state index contributed by atoms with van der Waals surface area (Å²) in [6, 6.07) is 20.5. The second-order valence-electron chi connectivity index (χ2n) is 17.2. The summed E-state index contributed by atoms with van der Waals surface area (Å²) in [5, 5.41) is 0. The molecule has 8 rings (SSSR count). The van der Waals surface area contributed by atoms with Crippen LogP contribution in [0.25, 0.3) is 0 Å². The van der Waals surface area contributed by atoms with Crippen LogP contribution < -0.4 is 0 Å². The lowest BCUT2D eigenvalue weighted by Crippen LogP contribution is -2.45. The summed E-state index contributed by atoms with van der Waals surface area (Å²) in [4.78, 5) is 0. The number of hydrogen-bond acceptors (Lipinski definition) is 0. The van der Waals surface area contributed by atoms with Crippen molar-refractivity contribution in [3.05, 3.63) is 280 Å².